The zero-order chi connectivity index (χ0) is 22.9. The maximum absolute atomic E-state index is 12.4. The van der Waals surface area contributed by atoms with Crippen molar-refractivity contribution in [2.45, 2.75) is 45.3 Å². The normalized spacial score (nSPS) is 17.3. The fourth-order valence-electron chi connectivity index (χ4n) is 3.56. The molecule has 4 rings (SSSR count). The fourth-order valence-corrected chi connectivity index (χ4v) is 5.45. The molecule has 1 aromatic carbocycles. The molecule has 0 N–H and O–H groups in total. The van der Waals surface area contributed by atoms with E-state index in [1.54, 1.807) is 17.3 Å². The summed E-state index contributed by atoms with van der Waals surface area (Å²) in [5.74, 6) is 0.424. The average molecular weight is 632 g/mol. The van der Waals surface area contributed by atoms with Crippen LogP contribution in [0.4, 0.5) is 4.79 Å². The summed E-state index contributed by atoms with van der Waals surface area (Å²) in [6.07, 6.45) is 4.97. The third-order valence-electron chi connectivity index (χ3n) is 4.89. The van der Waals surface area contributed by atoms with Gasteiger partial charge in [0.15, 0.2) is 0 Å². The van der Waals surface area contributed by atoms with E-state index in [2.05, 4.69) is 47.9 Å². The molecule has 32 heavy (non-hydrogen) atoms. The van der Waals surface area contributed by atoms with Crippen LogP contribution in [0, 0.1) is 0 Å². The van der Waals surface area contributed by atoms with Gasteiger partial charge in [0.1, 0.15) is 23.1 Å². The summed E-state index contributed by atoms with van der Waals surface area (Å²) in [7, 11) is 0. The number of rotatable bonds is 4. The summed E-state index contributed by atoms with van der Waals surface area (Å²) >= 11 is 5.86. The van der Waals surface area contributed by atoms with Crippen LogP contribution in [-0.2, 0) is 4.74 Å². The van der Waals surface area contributed by atoms with Crippen molar-refractivity contribution in [1.82, 2.24) is 24.4 Å². The van der Waals surface area contributed by atoms with E-state index < -0.39 is 5.60 Å². The van der Waals surface area contributed by atoms with E-state index in [9.17, 15) is 4.79 Å². The monoisotopic (exact) mass is 631 g/mol. The predicted octanol–water partition coefficient (Wildman–Crippen LogP) is 5.83. The average Bonchev–Trinajstić information content (AvgIpc) is 3.11. The van der Waals surface area contributed by atoms with Crippen molar-refractivity contribution in [3.05, 3.63) is 35.1 Å². The predicted molar refractivity (Wildman–Crippen MR) is 138 cm³/mol. The Morgan fingerprint density at radius 3 is 2.88 bits per heavy atom. The molecule has 3 aromatic rings. The van der Waals surface area contributed by atoms with Gasteiger partial charge in [0.25, 0.3) is 0 Å². The largest absolute Gasteiger partial charge is 0.471 e. The molecule has 3 heterocycles. The number of hydrogen-bond acceptors (Lipinski definition) is 6. The Kier molecular flexibility index (Phi) is 7.21. The lowest BCUT2D eigenvalue weighted by atomic mass is 10.1. The van der Waals surface area contributed by atoms with Crippen LogP contribution in [-0.4, -0.2) is 55.3 Å². The van der Waals surface area contributed by atoms with Gasteiger partial charge in [-0.2, -0.15) is 5.10 Å². The zero-order valence-corrected chi connectivity index (χ0v) is 22.8. The molecule has 170 valence electrons. The van der Waals surface area contributed by atoms with Crippen LogP contribution in [0.3, 0.4) is 0 Å². The molecule has 0 radical (unpaired) electrons. The standard InChI is InChI=1S/C21H24BrIN5O3P/c1-21(2,3)31-20(29)27-8-4-5-14(12-27)30-18-11-24-10-16(25-18)19-15-9-13(22)6-7-17(15)28(26-19)32-23/h6-7,9-11,14,32H,4-5,8,12H2,1-3H3. The number of halogens is 2. The SMILES string of the molecule is CC(C)(C)OC(=O)N1CCCC(Oc2cncc(-c3nn(PI)c4ccc(Br)cc34)n2)C1. The molecule has 1 saturated heterocycles. The summed E-state index contributed by atoms with van der Waals surface area (Å²) < 4.78 is 14.6. The lowest BCUT2D eigenvalue weighted by molar-refractivity contribution is 0.00719. The number of piperidine rings is 1. The number of fused-ring (bicyclic) bond motifs is 1. The minimum atomic E-state index is -0.523. The highest BCUT2D eigenvalue weighted by atomic mass is 127. The Hall–Kier alpha value is -1.52. The van der Waals surface area contributed by atoms with Gasteiger partial charge in [0.2, 0.25) is 5.88 Å². The summed E-state index contributed by atoms with van der Waals surface area (Å²) in [6.45, 7) is 6.72. The van der Waals surface area contributed by atoms with Crippen molar-refractivity contribution in [1.29, 1.82) is 0 Å². The summed E-state index contributed by atoms with van der Waals surface area (Å²) in [6, 6.07) is 6.09. The Morgan fingerprint density at radius 2 is 2.12 bits per heavy atom. The minimum Gasteiger partial charge on any atom is -0.471 e. The molecule has 1 amide bonds. The smallest absolute Gasteiger partial charge is 0.410 e. The molecule has 0 saturated carbocycles. The molecule has 2 aromatic heterocycles. The molecule has 8 nitrogen and oxygen atoms in total. The number of amides is 1. The van der Waals surface area contributed by atoms with Gasteiger partial charge < -0.3 is 14.4 Å². The van der Waals surface area contributed by atoms with Crippen molar-refractivity contribution < 1.29 is 14.3 Å². The number of ether oxygens (including phenoxy) is 2. The molecule has 0 spiro atoms. The number of hydrogen-bond donors (Lipinski definition) is 0. The van der Waals surface area contributed by atoms with Crippen LogP contribution in [0.25, 0.3) is 22.3 Å². The first-order valence-corrected chi connectivity index (χ1v) is 15.1. The van der Waals surface area contributed by atoms with Crippen molar-refractivity contribution in [2.75, 3.05) is 13.1 Å². The van der Waals surface area contributed by atoms with Gasteiger partial charge in [0, 0.05) is 16.4 Å². The molecule has 1 aliphatic heterocycles. The van der Waals surface area contributed by atoms with Crippen LogP contribution in [0.15, 0.2) is 35.1 Å². The first kappa shape index (κ1) is 23.6. The van der Waals surface area contributed by atoms with Crippen molar-refractivity contribution in [3.63, 3.8) is 0 Å². The Labute approximate surface area is 209 Å². The van der Waals surface area contributed by atoms with Gasteiger partial charge in [-0.05, 0) is 73.9 Å². The van der Waals surface area contributed by atoms with Gasteiger partial charge in [-0.25, -0.2) is 14.2 Å². The fraction of sp³-hybridized carbons (Fsp3) is 0.429. The molecule has 1 fully saturated rings. The quantitative estimate of drug-likeness (QED) is 0.266. The summed E-state index contributed by atoms with van der Waals surface area (Å²) in [4.78, 5) is 23.2. The Balaban J connectivity index is 1.54. The number of carbonyl (C=O) groups is 1. The van der Waals surface area contributed by atoms with Gasteiger partial charge in [-0.15, -0.1) is 0 Å². The molecular weight excluding hydrogens is 608 g/mol. The van der Waals surface area contributed by atoms with Gasteiger partial charge >= 0.3 is 6.09 Å². The van der Waals surface area contributed by atoms with Crippen LogP contribution in [0.2, 0.25) is 0 Å². The minimum absolute atomic E-state index is 0.167. The second-order valence-electron chi connectivity index (χ2n) is 8.56. The van der Waals surface area contributed by atoms with Crippen LogP contribution >= 0.6 is 44.3 Å². The van der Waals surface area contributed by atoms with E-state index in [0.29, 0.717) is 31.0 Å². The molecule has 11 heteroatoms. The first-order valence-electron chi connectivity index (χ1n) is 10.3. The molecule has 2 unspecified atom stereocenters. The van der Waals surface area contributed by atoms with Crippen molar-refractivity contribution >= 4 is 61.3 Å². The summed E-state index contributed by atoms with van der Waals surface area (Å²) in [5, 5.41) is 5.75. The number of carbonyl (C=O) groups excluding carboxylic acids is 1. The van der Waals surface area contributed by atoms with E-state index in [0.717, 1.165) is 33.9 Å². The first-order chi connectivity index (χ1) is 15.2. The molecule has 2 atom stereocenters. The lowest BCUT2D eigenvalue weighted by Crippen LogP contribution is -2.46. The molecular formula is C21H24BrIN5O3P. The van der Waals surface area contributed by atoms with E-state index >= 15 is 0 Å². The third kappa shape index (κ3) is 5.51. The Bertz CT molecular complexity index is 1140. The number of likely N-dealkylation sites (tertiary alicyclic amines) is 1. The highest BCUT2D eigenvalue weighted by Crippen LogP contribution is 2.35. The van der Waals surface area contributed by atoms with E-state index in [-0.39, 0.29) is 12.2 Å². The highest BCUT2D eigenvalue weighted by Gasteiger charge is 2.29. The van der Waals surface area contributed by atoms with Crippen LogP contribution in [0.5, 0.6) is 5.88 Å². The van der Waals surface area contributed by atoms with Gasteiger partial charge in [-0.1, -0.05) is 15.9 Å². The number of benzene rings is 1. The highest BCUT2D eigenvalue weighted by molar-refractivity contribution is 14.2. The number of aromatic nitrogens is 4. The van der Waals surface area contributed by atoms with Crippen molar-refractivity contribution in [3.8, 4) is 17.3 Å². The molecule has 1 aliphatic rings. The van der Waals surface area contributed by atoms with E-state index in [4.69, 9.17) is 14.6 Å². The van der Waals surface area contributed by atoms with Gasteiger partial charge in [-0.3, -0.25) is 4.98 Å². The molecule has 0 bridgehead atoms. The zero-order valence-electron chi connectivity index (χ0n) is 18.0. The van der Waals surface area contributed by atoms with Crippen LogP contribution < -0.4 is 4.74 Å². The Morgan fingerprint density at radius 1 is 1.31 bits per heavy atom. The topological polar surface area (TPSA) is 82.4 Å². The molecule has 0 aliphatic carbocycles. The van der Waals surface area contributed by atoms with Crippen LogP contribution in [0.1, 0.15) is 33.6 Å². The third-order valence-corrected chi connectivity index (χ3v) is 7.26. The van der Waals surface area contributed by atoms with Gasteiger partial charge in [0.05, 0.1) is 30.8 Å². The van der Waals surface area contributed by atoms with E-state index in [1.165, 1.54) is 0 Å². The summed E-state index contributed by atoms with van der Waals surface area (Å²) in [5.41, 5.74) is 1.94. The maximum atomic E-state index is 12.4. The maximum Gasteiger partial charge on any atom is 0.410 e. The second kappa shape index (κ2) is 9.77. The lowest BCUT2D eigenvalue weighted by Gasteiger charge is -2.33. The van der Waals surface area contributed by atoms with E-state index in [1.807, 2.05) is 43.4 Å². The van der Waals surface area contributed by atoms with Crippen molar-refractivity contribution in [2.24, 2.45) is 0 Å². The number of nitrogens with zero attached hydrogens (tertiary/aromatic N) is 5. The second-order valence-corrected chi connectivity index (χ2v) is 11.5.